The molecule has 3 aromatic heterocycles. The number of anilines is 1. The van der Waals surface area contributed by atoms with Crippen LogP contribution in [0.15, 0.2) is 27.8 Å². The SMILES string of the molecule is Cc1cc(C)c2c(c1)c(C)cc1nnc(SCC(=O)Nc3oc(C)c(C)c3C#N)n12. The molecule has 0 radical (unpaired) electrons. The van der Waals surface area contributed by atoms with Gasteiger partial charge in [0, 0.05) is 10.9 Å². The first kappa shape index (κ1) is 20.0. The number of carbonyl (C=O) groups excluding carboxylic acids is 1. The lowest BCUT2D eigenvalue weighted by Crippen LogP contribution is -2.14. The standard InChI is InChI=1S/C22H21N5O2S/c1-11-6-13(3)20-16(7-11)12(2)8-18-25-26-22(27(18)20)30-10-19(28)24-21-17(9-23)14(4)15(5)29-21/h6-8H,10H2,1-5H3,(H,24,28). The predicted octanol–water partition coefficient (Wildman–Crippen LogP) is 4.62. The van der Waals surface area contributed by atoms with Crippen molar-refractivity contribution in [2.45, 2.75) is 39.8 Å². The van der Waals surface area contributed by atoms with Crippen molar-refractivity contribution >= 4 is 40.1 Å². The fourth-order valence-corrected chi connectivity index (χ4v) is 4.39. The van der Waals surface area contributed by atoms with Crippen LogP contribution in [0.3, 0.4) is 0 Å². The van der Waals surface area contributed by atoms with Gasteiger partial charge in [0.25, 0.3) is 0 Å². The topological polar surface area (TPSA) is 96.2 Å². The van der Waals surface area contributed by atoms with E-state index in [4.69, 9.17) is 4.42 Å². The Kier molecular flexibility index (Phi) is 5.00. The Balaban J connectivity index is 1.64. The van der Waals surface area contributed by atoms with Gasteiger partial charge in [-0.05, 0) is 57.9 Å². The third kappa shape index (κ3) is 3.31. The lowest BCUT2D eigenvalue weighted by Gasteiger charge is -2.11. The molecule has 0 saturated carbocycles. The highest BCUT2D eigenvalue weighted by molar-refractivity contribution is 7.99. The van der Waals surface area contributed by atoms with E-state index in [9.17, 15) is 10.1 Å². The van der Waals surface area contributed by atoms with E-state index < -0.39 is 0 Å². The molecule has 0 atom stereocenters. The zero-order valence-corrected chi connectivity index (χ0v) is 18.3. The largest absolute Gasteiger partial charge is 0.444 e. The van der Waals surface area contributed by atoms with Gasteiger partial charge in [0.1, 0.15) is 17.4 Å². The van der Waals surface area contributed by atoms with Crippen molar-refractivity contribution in [1.29, 1.82) is 5.26 Å². The summed E-state index contributed by atoms with van der Waals surface area (Å²) in [6, 6.07) is 8.37. The minimum absolute atomic E-state index is 0.116. The van der Waals surface area contributed by atoms with Gasteiger partial charge in [0.2, 0.25) is 11.8 Å². The van der Waals surface area contributed by atoms with Gasteiger partial charge in [-0.25, -0.2) is 0 Å². The number of hydrogen-bond acceptors (Lipinski definition) is 6. The maximum atomic E-state index is 12.5. The number of thioether (sulfide) groups is 1. The number of furan rings is 1. The zero-order valence-electron chi connectivity index (χ0n) is 17.5. The number of aryl methyl sites for hydroxylation is 4. The number of amides is 1. The van der Waals surface area contributed by atoms with E-state index in [1.165, 1.54) is 17.3 Å². The Bertz CT molecular complexity index is 1360. The highest BCUT2D eigenvalue weighted by Crippen LogP contribution is 2.30. The molecule has 1 N–H and O–H groups in total. The summed E-state index contributed by atoms with van der Waals surface area (Å²) in [5, 5.41) is 22.4. The van der Waals surface area contributed by atoms with Crippen LogP contribution in [0, 0.1) is 45.9 Å². The third-order valence-electron chi connectivity index (χ3n) is 5.18. The van der Waals surface area contributed by atoms with Crippen LogP contribution in [-0.2, 0) is 4.79 Å². The van der Waals surface area contributed by atoms with E-state index in [0.717, 1.165) is 33.2 Å². The molecule has 30 heavy (non-hydrogen) atoms. The number of aromatic nitrogens is 3. The maximum Gasteiger partial charge on any atom is 0.237 e. The number of nitrogens with one attached hydrogen (secondary N) is 1. The van der Waals surface area contributed by atoms with E-state index >= 15 is 0 Å². The van der Waals surface area contributed by atoms with Gasteiger partial charge in [0.15, 0.2) is 10.8 Å². The fourth-order valence-electron chi connectivity index (χ4n) is 3.65. The van der Waals surface area contributed by atoms with Crippen molar-refractivity contribution in [2.24, 2.45) is 0 Å². The predicted molar refractivity (Wildman–Crippen MR) is 117 cm³/mol. The summed E-state index contributed by atoms with van der Waals surface area (Å²) in [6.45, 7) is 9.77. The number of rotatable bonds is 4. The van der Waals surface area contributed by atoms with Crippen molar-refractivity contribution in [3.63, 3.8) is 0 Å². The number of carbonyl (C=O) groups is 1. The fraction of sp³-hybridized carbons (Fsp3) is 0.273. The molecule has 0 bridgehead atoms. The number of hydrogen-bond donors (Lipinski definition) is 1. The summed E-state index contributed by atoms with van der Waals surface area (Å²) in [5.74, 6) is 0.651. The van der Waals surface area contributed by atoms with Crippen LogP contribution in [0.25, 0.3) is 16.6 Å². The molecule has 0 spiro atoms. The molecule has 1 aromatic carbocycles. The molecule has 8 heteroatoms. The van der Waals surface area contributed by atoms with Gasteiger partial charge in [-0.1, -0.05) is 23.4 Å². The normalized spacial score (nSPS) is 11.2. The average molecular weight is 420 g/mol. The van der Waals surface area contributed by atoms with E-state index in [1.54, 1.807) is 13.8 Å². The minimum atomic E-state index is -0.272. The molecular formula is C22H21N5O2S. The summed E-state index contributed by atoms with van der Waals surface area (Å²) < 4.78 is 7.51. The Labute approximate surface area is 178 Å². The average Bonchev–Trinajstić information content (AvgIpc) is 3.20. The van der Waals surface area contributed by atoms with Gasteiger partial charge in [0.05, 0.1) is 11.3 Å². The molecule has 4 aromatic rings. The molecular weight excluding hydrogens is 398 g/mol. The summed E-state index contributed by atoms with van der Waals surface area (Å²) in [6.07, 6.45) is 0. The molecule has 0 aliphatic carbocycles. The first-order chi connectivity index (χ1) is 14.3. The number of nitriles is 1. The maximum absolute atomic E-state index is 12.5. The monoisotopic (exact) mass is 419 g/mol. The van der Waals surface area contributed by atoms with Crippen LogP contribution in [-0.4, -0.2) is 26.3 Å². The minimum Gasteiger partial charge on any atom is -0.444 e. The quantitative estimate of drug-likeness (QED) is 0.485. The van der Waals surface area contributed by atoms with Crippen LogP contribution in [0.1, 0.15) is 33.6 Å². The smallest absolute Gasteiger partial charge is 0.237 e. The highest BCUT2D eigenvalue weighted by Gasteiger charge is 2.18. The molecule has 7 nitrogen and oxygen atoms in total. The Morgan fingerprint density at radius 1 is 1.17 bits per heavy atom. The summed E-state index contributed by atoms with van der Waals surface area (Å²) >= 11 is 1.29. The second kappa shape index (κ2) is 7.50. The molecule has 1 amide bonds. The molecule has 152 valence electrons. The third-order valence-corrected chi connectivity index (χ3v) is 6.11. The first-order valence-electron chi connectivity index (χ1n) is 9.48. The lowest BCUT2D eigenvalue weighted by molar-refractivity contribution is -0.113. The van der Waals surface area contributed by atoms with Crippen molar-refractivity contribution in [3.05, 3.63) is 51.8 Å². The number of nitrogens with zero attached hydrogens (tertiary/aromatic N) is 4. The molecule has 3 heterocycles. The van der Waals surface area contributed by atoms with E-state index in [0.29, 0.717) is 16.5 Å². The molecule has 0 fully saturated rings. The van der Waals surface area contributed by atoms with Gasteiger partial charge in [-0.2, -0.15) is 5.26 Å². The Hall–Kier alpha value is -3.31. The molecule has 0 unspecified atom stereocenters. The summed E-state index contributed by atoms with van der Waals surface area (Å²) in [5.41, 5.74) is 6.35. The Morgan fingerprint density at radius 2 is 1.93 bits per heavy atom. The summed E-state index contributed by atoms with van der Waals surface area (Å²) in [7, 11) is 0. The van der Waals surface area contributed by atoms with Crippen LogP contribution < -0.4 is 5.32 Å². The highest BCUT2D eigenvalue weighted by atomic mass is 32.2. The molecule has 0 aliphatic heterocycles. The van der Waals surface area contributed by atoms with Crippen molar-refractivity contribution in [1.82, 2.24) is 14.6 Å². The Morgan fingerprint density at radius 3 is 2.67 bits per heavy atom. The number of fused-ring (bicyclic) bond motifs is 3. The van der Waals surface area contributed by atoms with E-state index in [-0.39, 0.29) is 17.5 Å². The van der Waals surface area contributed by atoms with Crippen molar-refractivity contribution < 1.29 is 9.21 Å². The van der Waals surface area contributed by atoms with Crippen LogP contribution >= 0.6 is 11.8 Å². The molecule has 4 rings (SSSR count). The van der Waals surface area contributed by atoms with Gasteiger partial charge in [-0.15, -0.1) is 10.2 Å². The van der Waals surface area contributed by atoms with Crippen LogP contribution in [0.2, 0.25) is 0 Å². The van der Waals surface area contributed by atoms with Crippen molar-refractivity contribution in [2.75, 3.05) is 11.1 Å². The number of benzene rings is 1. The van der Waals surface area contributed by atoms with Gasteiger partial charge >= 0.3 is 0 Å². The number of pyridine rings is 1. The molecule has 0 aliphatic rings. The summed E-state index contributed by atoms with van der Waals surface area (Å²) in [4.78, 5) is 12.5. The van der Waals surface area contributed by atoms with E-state index in [2.05, 4.69) is 54.5 Å². The van der Waals surface area contributed by atoms with Crippen LogP contribution in [0.4, 0.5) is 5.88 Å². The second-order valence-corrected chi connectivity index (χ2v) is 8.36. The van der Waals surface area contributed by atoms with E-state index in [1.807, 2.05) is 10.5 Å². The van der Waals surface area contributed by atoms with Crippen LogP contribution in [0.5, 0.6) is 0 Å². The lowest BCUT2D eigenvalue weighted by atomic mass is 10.0. The van der Waals surface area contributed by atoms with Crippen molar-refractivity contribution in [3.8, 4) is 6.07 Å². The molecule has 0 saturated heterocycles. The van der Waals surface area contributed by atoms with Gasteiger partial charge < -0.3 is 4.42 Å². The second-order valence-electron chi connectivity index (χ2n) is 7.42. The first-order valence-corrected chi connectivity index (χ1v) is 10.5. The zero-order chi connectivity index (χ0) is 21.6. The van der Waals surface area contributed by atoms with Gasteiger partial charge in [-0.3, -0.25) is 14.5 Å².